The largest absolute Gasteiger partial charge is 0.396 e. The van der Waals surface area contributed by atoms with Crippen LogP contribution in [0.15, 0.2) is 0 Å². The Morgan fingerprint density at radius 2 is 1.71 bits per heavy atom. The van der Waals surface area contributed by atoms with Crippen molar-refractivity contribution in [2.75, 3.05) is 19.8 Å². The summed E-state index contributed by atoms with van der Waals surface area (Å²) in [5.41, 5.74) is -0.802. The Labute approximate surface area is 146 Å². The van der Waals surface area contributed by atoms with E-state index in [1.54, 1.807) is 0 Å². The van der Waals surface area contributed by atoms with Gasteiger partial charge >= 0.3 is 0 Å². The fraction of sp³-hybridized carbons (Fsp3) is 1.00. The predicted octanol–water partition coefficient (Wildman–Crippen LogP) is 2.88. The molecule has 1 spiro atoms. The summed E-state index contributed by atoms with van der Waals surface area (Å²) in [5, 5.41) is 29.6. The number of aliphatic hydroxyl groups is 3. The van der Waals surface area contributed by atoms with Gasteiger partial charge in [0.25, 0.3) is 0 Å². The molecule has 0 bridgehead atoms. The molecule has 0 radical (unpaired) electrons. The van der Waals surface area contributed by atoms with Gasteiger partial charge in [0.15, 0.2) is 0 Å². The van der Waals surface area contributed by atoms with Gasteiger partial charge in [-0.15, -0.1) is 0 Å². The van der Waals surface area contributed by atoms with Crippen molar-refractivity contribution < 1.29 is 20.1 Å². The van der Waals surface area contributed by atoms with Crippen LogP contribution in [0.2, 0.25) is 0 Å². The highest BCUT2D eigenvalue weighted by Gasteiger charge is 2.67. The van der Waals surface area contributed by atoms with E-state index in [2.05, 4.69) is 20.8 Å². The van der Waals surface area contributed by atoms with Gasteiger partial charge in [-0.05, 0) is 55.8 Å². The second-order valence-electron chi connectivity index (χ2n) is 9.42. The molecule has 140 valence electrons. The molecule has 2 saturated carbocycles. The van der Waals surface area contributed by atoms with Crippen molar-refractivity contribution in [3.8, 4) is 0 Å². The lowest BCUT2D eigenvalue weighted by Gasteiger charge is -2.64. The highest BCUT2D eigenvalue weighted by molar-refractivity contribution is 5.16. The zero-order valence-electron chi connectivity index (χ0n) is 15.7. The normalized spacial score (nSPS) is 51.8. The molecule has 3 rings (SSSR count). The van der Waals surface area contributed by atoms with Crippen LogP contribution in [0.4, 0.5) is 0 Å². The molecule has 1 saturated heterocycles. The standard InChI is InChI=1S/C20H36O4/c1-15-5-6-16-17(2,13-22)7-4-8-18(16,3)20(15)10-9-19(14-23,24-20)11-12-21/h15-16,21-23H,4-14H2,1-3H3/t15-,16?,17+,18+,19+,20-/m1/s1. The van der Waals surface area contributed by atoms with Crippen LogP contribution in [0.3, 0.4) is 0 Å². The zero-order chi connectivity index (χ0) is 17.6. The van der Waals surface area contributed by atoms with Crippen molar-refractivity contribution in [1.29, 1.82) is 0 Å². The van der Waals surface area contributed by atoms with Crippen molar-refractivity contribution in [1.82, 2.24) is 0 Å². The lowest BCUT2D eigenvalue weighted by molar-refractivity contribution is -0.259. The summed E-state index contributed by atoms with van der Waals surface area (Å²) >= 11 is 0. The van der Waals surface area contributed by atoms with Crippen LogP contribution in [0.25, 0.3) is 0 Å². The molecule has 6 atom stereocenters. The smallest absolute Gasteiger partial charge is 0.0942 e. The third-order valence-corrected chi connectivity index (χ3v) is 8.27. The maximum atomic E-state index is 10.1. The van der Waals surface area contributed by atoms with Crippen molar-refractivity contribution >= 4 is 0 Å². The summed E-state index contributed by atoms with van der Waals surface area (Å²) in [6.07, 6.45) is 7.94. The van der Waals surface area contributed by atoms with Crippen LogP contribution < -0.4 is 0 Å². The first kappa shape index (κ1) is 18.6. The molecule has 1 unspecified atom stereocenters. The van der Waals surface area contributed by atoms with Gasteiger partial charge in [0.1, 0.15) is 0 Å². The predicted molar refractivity (Wildman–Crippen MR) is 93.6 cm³/mol. The first-order valence-electron chi connectivity index (χ1n) is 9.84. The Balaban J connectivity index is 2.00. The van der Waals surface area contributed by atoms with E-state index in [9.17, 15) is 15.3 Å². The minimum atomic E-state index is -0.582. The lowest BCUT2D eigenvalue weighted by atomic mass is 9.44. The van der Waals surface area contributed by atoms with Crippen molar-refractivity contribution in [3.05, 3.63) is 0 Å². The summed E-state index contributed by atoms with van der Waals surface area (Å²) in [6.45, 7) is 7.23. The lowest BCUT2D eigenvalue weighted by Crippen LogP contribution is -2.64. The Morgan fingerprint density at radius 1 is 0.958 bits per heavy atom. The van der Waals surface area contributed by atoms with E-state index < -0.39 is 5.60 Å². The fourth-order valence-corrected chi connectivity index (χ4v) is 6.77. The minimum Gasteiger partial charge on any atom is -0.396 e. The van der Waals surface area contributed by atoms with E-state index >= 15 is 0 Å². The Morgan fingerprint density at radius 3 is 2.33 bits per heavy atom. The third-order valence-electron chi connectivity index (χ3n) is 8.27. The highest BCUT2D eigenvalue weighted by Crippen LogP contribution is 2.67. The van der Waals surface area contributed by atoms with E-state index in [1.807, 2.05) is 0 Å². The number of hydrogen-bond donors (Lipinski definition) is 3. The maximum absolute atomic E-state index is 10.1. The molecule has 4 heteroatoms. The van der Waals surface area contributed by atoms with E-state index in [-0.39, 0.29) is 36.3 Å². The summed E-state index contributed by atoms with van der Waals surface area (Å²) < 4.78 is 6.80. The molecule has 3 aliphatic rings. The molecule has 1 heterocycles. The van der Waals surface area contributed by atoms with Gasteiger partial charge in [-0.1, -0.05) is 27.2 Å². The third kappa shape index (κ3) is 2.40. The van der Waals surface area contributed by atoms with Crippen LogP contribution in [0.1, 0.15) is 72.1 Å². The van der Waals surface area contributed by atoms with Gasteiger partial charge in [0, 0.05) is 25.0 Å². The van der Waals surface area contributed by atoms with E-state index in [0.29, 0.717) is 18.3 Å². The van der Waals surface area contributed by atoms with Crippen LogP contribution in [0, 0.1) is 22.7 Å². The van der Waals surface area contributed by atoms with Crippen LogP contribution in [0.5, 0.6) is 0 Å². The number of fused-ring (bicyclic) bond motifs is 2. The van der Waals surface area contributed by atoms with Crippen LogP contribution >= 0.6 is 0 Å². The molecule has 1 aliphatic heterocycles. The van der Waals surface area contributed by atoms with Gasteiger partial charge in [0.2, 0.25) is 0 Å². The molecular weight excluding hydrogens is 304 g/mol. The first-order valence-corrected chi connectivity index (χ1v) is 9.84. The average Bonchev–Trinajstić information content (AvgIpc) is 2.95. The topological polar surface area (TPSA) is 69.9 Å². The first-order chi connectivity index (χ1) is 11.3. The number of rotatable bonds is 4. The second-order valence-corrected chi connectivity index (χ2v) is 9.42. The van der Waals surface area contributed by atoms with Crippen LogP contribution in [-0.4, -0.2) is 46.3 Å². The number of ether oxygens (including phenoxy) is 1. The maximum Gasteiger partial charge on any atom is 0.0942 e. The molecule has 3 N–H and O–H groups in total. The zero-order valence-corrected chi connectivity index (χ0v) is 15.7. The molecule has 0 amide bonds. The quantitative estimate of drug-likeness (QED) is 0.736. The molecule has 2 aliphatic carbocycles. The molecule has 24 heavy (non-hydrogen) atoms. The van der Waals surface area contributed by atoms with Gasteiger partial charge in [-0.25, -0.2) is 0 Å². The van der Waals surface area contributed by atoms with Crippen molar-refractivity contribution in [3.63, 3.8) is 0 Å². The molecule has 0 aromatic rings. The average molecular weight is 341 g/mol. The highest BCUT2D eigenvalue weighted by atomic mass is 16.5. The molecule has 3 fully saturated rings. The van der Waals surface area contributed by atoms with Gasteiger partial charge < -0.3 is 20.1 Å². The Kier molecular flexibility index (Phi) is 4.83. The summed E-state index contributed by atoms with van der Waals surface area (Å²) in [6, 6.07) is 0. The second kappa shape index (κ2) is 6.22. The van der Waals surface area contributed by atoms with Crippen LogP contribution in [-0.2, 0) is 4.74 Å². The monoisotopic (exact) mass is 340 g/mol. The molecule has 4 nitrogen and oxygen atoms in total. The van der Waals surface area contributed by atoms with E-state index in [0.717, 1.165) is 44.9 Å². The van der Waals surface area contributed by atoms with Crippen molar-refractivity contribution in [2.24, 2.45) is 22.7 Å². The Hall–Kier alpha value is -0.160. The summed E-state index contributed by atoms with van der Waals surface area (Å²) in [4.78, 5) is 0. The number of aliphatic hydroxyl groups excluding tert-OH is 3. The van der Waals surface area contributed by atoms with Gasteiger partial charge in [-0.3, -0.25) is 0 Å². The summed E-state index contributed by atoms with van der Waals surface area (Å²) in [5.74, 6) is 0.912. The number of hydrogen-bond acceptors (Lipinski definition) is 4. The Bertz CT molecular complexity index is 469. The SMILES string of the molecule is C[C@@H]1CCC2[C@](C)(CO)CCC[C@]2(C)[C@@]12CC[C@@](CO)(CCO)O2. The van der Waals surface area contributed by atoms with Gasteiger partial charge in [-0.2, -0.15) is 0 Å². The van der Waals surface area contributed by atoms with Gasteiger partial charge in [0.05, 0.1) is 17.8 Å². The minimum absolute atomic E-state index is 0.0138. The summed E-state index contributed by atoms with van der Waals surface area (Å²) in [7, 11) is 0. The van der Waals surface area contributed by atoms with Crippen molar-refractivity contribution in [2.45, 2.75) is 83.3 Å². The molecule has 0 aromatic carbocycles. The van der Waals surface area contributed by atoms with E-state index in [1.165, 1.54) is 0 Å². The fourth-order valence-electron chi connectivity index (χ4n) is 6.77. The van der Waals surface area contributed by atoms with E-state index in [4.69, 9.17) is 4.74 Å². The molecule has 0 aromatic heterocycles. The molecular formula is C20H36O4.